The largest absolute Gasteiger partial charge is 0.492 e. The number of aliphatic hydroxyl groups is 1. The SMILES string of the molecule is Cc1cccc(O[C@@H]2CCC[C@H](N(C)CCOc3ccccc3)[C@H]2O)c1. The van der Waals surface area contributed by atoms with Gasteiger partial charge in [0.2, 0.25) is 0 Å². The van der Waals surface area contributed by atoms with Crippen LogP contribution in [-0.2, 0) is 0 Å². The van der Waals surface area contributed by atoms with Crippen molar-refractivity contribution in [2.45, 2.75) is 44.4 Å². The summed E-state index contributed by atoms with van der Waals surface area (Å²) in [5, 5.41) is 10.8. The monoisotopic (exact) mass is 355 g/mol. The van der Waals surface area contributed by atoms with Crippen LogP contribution in [0.2, 0.25) is 0 Å². The number of aliphatic hydroxyl groups excluding tert-OH is 1. The van der Waals surface area contributed by atoms with Gasteiger partial charge in [0.05, 0.1) is 0 Å². The normalized spacial score (nSPS) is 23.0. The van der Waals surface area contributed by atoms with Gasteiger partial charge < -0.3 is 14.6 Å². The fourth-order valence-corrected chi connectivity index (χ4v) is 3.58. The summed E-state index contributed by atoms with van der Waals surface area (Å²) in [4.78, 5) is 2.19. The minimum atomic E-state index is -0.494. The molecule has 3 rings (SSSR count). The van der Waals surface area contributed by atoms with Crippen LogP contribution in [0.5, 0.6) is 11.5 Å². The molecule has 0 saturated heterocycles. The lowest BCUT2D eigenvalue weighted by atomic mass is 9.89. The van der Waals surface area contributed by atoms with Crippen LogP contribution in [0.15, 0.2) is 54.6 Å². The van der Waals surface area contributed by atoms with Crippen LogP contribution in [0.1, 0.15) is 24.8 Å². The van der Waals surface area contributed by atoms with Crippen LogP contribution in [0, 0.1) is 6.92 Å². The van der Waals surface area contributed by atoms with Crippen LogP contribution < -0.4 is 9.47 Å². The summed E-state index contributed by atoms with van der Waals surface area (Å²) in [6.45, 7) is 3.43. The van der Waals surface area contributed by atoms with E-state index in [-0.39, 0.29) is 12.1 Å². The highest BCUT2D eigenvalue weighted by Gasteiger charge is 2.35. The molecule has 4 nitrogen and oxygen atoms in total. The van der Waals surface area contributed by atoms with Crippen molar-refractivity contribution in [2.24, 2.45) is 0 Å². The Labute approximate surface area is 156 Å². The standard InChI is InChI=1S/C22H29NO3/c1-17-8-6-11-19(16-17)26-21-13-7-12-20(22(21)24)23(2)14-15-25-18-9-4-3-5-10-18/h3-6,8-11,16,20-22,24H,7,12-15H2,1-2H3/t20-,21+,22+/m0/s1. The van der Waals surface area contributed by atoms with Gasteiger partial charge in [-0.1, -0.05) is 30.3 Å². The molecule has 3 atom stereocenters. The first-order valence-corrected chi connectivity index (χ1v) is 9.43. The topological polar surface area (TPSA) is 41.9 Å². The van der Waals surface area contributed by atoms with Crippen molar-refractivity contribution in [1.82, 2.24) is 4.90 Å². The zero-order chi connectivity index (χ0) is 18.4. The molecule has 1 saturated carbocycles. The van der Waals surface area contributed by atoms with Gasteiger partial charge in [0.25, 0.3) is 0 Å². The second kappa shape index (κ2) is 9.06. The van der Waals surface area contributed by atoms with E-state index in [1.54, 1.807) is 0 Å². The maximum atomic E-state index is 10.8. The number of aryl methyl sites for hydroxylation is 1. The summed E-state index contributed by atoms with van der Waals surface area (Å²) in [6, 6.07) is 18.0. The number of hydrogen-bond donors (Lipinski definition) is 1. The summed E-state index contributed by atoms with van der Waals surface area (Å²) in [6.07, 6.45) is 2.28. The molecule has 0 spiro atoms. The highest BCUT2D eigenvalue weighted by Crippen LogP contribution is 2.27. The summed E-state index contributed by atoms with van der Waals surface area (Å²) in [7, 11) is 2.05. The number of rotatable bonds is 7. The summed E-state index contributed by atoms with van der Waals surface area (Å²) < 4.78 is 11.9. The molecule has 0 heterocycles. The molecular formula is C22H29NO3. The first-order valence-electron chi connectivity index (χ1n) is 9.43. The molecule has 1 fully saturated rings. The number of benzene rings is 2. The van der Waals surface area contributed by atoms with Gasteiger partial charge in [0, 0.05) is 12.6 Å². The van der Waals surface area contributed by atoms with Crippen molar-refractivity contribution in [2.75, 3.05) is 20.2 Å². The van der Waals surface area contributed by atoms with Crippen LogP contribution in [0.4, 0.5) is 0 Å². The average Bonchev–Trinajstić information content (AvgIpc) is 2.64. The molecular weight excluding hydrogens is 326 g/mol. The number of likely N-dealkylation sites (N-methyl/N-ethyl adjacent to an activating group) is 1. The molecule has 0 amide bonds. The lowest BCUT2D eigenvalue weighted by Gasteiger charge is -2.39. The van der Waals surface area contributed by atoms with Crippen molar-refractivity contribution >= 4 is 0 Å². The van der Waals surface area contributed by atoms with Crippen molar-refractivity contribution in [3.63, 3.8) is 0 Å². The fraction of sp³-hybridized carbons (Fsp3) is 0.455. The van der Waals surface area contributed by atoms with E-state index in [9.17, 15) is 5.11 Å². The smallest absolute Gasteiger partial charge is 0.126 e. The van der Waals surface area contributed by atoms with E-state index in [1.165, 1.54) is 5.56 Å². The van der Waals surface area contributed by atoms with Gasteiger partial charge in [-0.15, -0.1) is 0 Å². The van der Waals surface area contributed by atoms with Crippen molar-refractivity contribution in [3.8, 4) is 11.5 Å². The highest BCUT2D eigenvalue weighted by molar-refractivity contribution is 5.27. The van der Waals surface area contributed by atoms with E-state index in [2.05, 4.69) is 11.9 Å². The third-order valence-corrected chi connectivity index (χ3v) is 5.06. The van der Waals surface area contributed by atoms with Crippen LogP contribution in [0.25, 0.3) is 0 Å². The Morgan fingerprint density at radius 2 is 1.81 bits per heavy atom. The van der Waals surface area contributed by atoms with E-state index in [4.69, 9.17) is 9.47 Å². The van der Waals surface area contributed by atoms with Gasteiger partial charge in [0.15, 0.2) is 0 Å². The molecule has 1 aliphatic carbocycles. The molecule has 4 heteroatoms. The zero-order valence-corrected chi connectivity index (χ0v) is 15.7. The number of para-hydroxylation sites is 1. The lowest BCUT2D eigenvalue weighted by Crippen LogP contribution is -2.52. The maximum absolute atomic E-state index is 10.8. The molecule has 0 bridgehead atoms. The summed E-state index contributed by atoms with van der Waals surface area (Å²) >= 11 is 0. The van der Waals surface area contributed by atoms with Crippen molar-refractivity contribution < 1.29 is 14.6 Å². The van der Waals surface area contributed by atoms with Crippen LogP contribution in [-0.4, -0.2) is 48.5 Å². The van der Waals surface area contributed by atoms with E-state index < -0.39 is 6.10 Å². The van der Waals surface area contributed by atoms with Crippen molar-refractivity contribution in [3.05, 3.63) is 60.2 Å². The quantitative estimate of drug-likeness (QED) is 0.823. The Morgan fingerprint density at radius 3 is 2.58 bits per heavy atom. The second-order valence-electron chi connectivity index (χ2n) is 7.10. The maximum Gasteiger partial charge on any atom is 0.126 e. The molecule has 0 unspecified atom stereocenters. The molecule has 26 heavy (non-hydrogen) atoms. The molecule has 0 aliphatic heterocycles. The van der Waals surface area contributed by atoms with Crippen LogP contribution >= 0.6 is 0 Å². The first-order chi connectivity index (χ1) is 12.6. The molecule has 2 aromatic rings. The first kappa shape index (κ1) is 18.7. The Hall–Kier alpha value is -2.04. The molecule has 1 aliphatic rings. The second-order valence-corrected chi connectivity index (χ2v) is 7.10. The Kier molecular flexibility index (Phi) is 6.53. The summed E-state index contributed by atoms with van der Waals surface area (Å²) in [5.74, 6) is 1.72. The fourth-order valence-electron chi connectivity index (χ4n) is 3.58. The van der Waals surface area contributed by atoms with E-state index >= 15 is 0 Å². The summed E-state index contributed by atoms with van der Waals surface area (Å²) in [5.41, 5.74) is 1.17. The molecule has 0 aromatic heterocycles. The molecule has 0 radical (unpaired) electrons. The van der Waals surface area contributed by atoms with Gasteiger partial charge in [-0.05, 0) is 63.1 Å². The number of ether oxygens (including phenoxy) is 2. The molecule has 140 valence electrons. The zero-order valence-electron chi connectivity index (χ0n) is 15.7. The van der Waals surface area contributed by atoms with Crippen molar-refractivity contribution in [1.29, 1.82) is 0 Å². The van der Waals surface area contributed by atoms with Crippen LogP contribution in [0.3, 0.4) is 0 Å². The Morgan fingerprint density at radius 1 is 1.04 bits per heavy atom. The average molecular weight is 355 g/mol. The van der Waals surface area contributed by atoms with Gasteiger partial charge in [-0.25, -0.2) is 0 Å². The number of nitrogens with zero attached hydrogens (tertiary/aromatic N) is 1. The third kappa shape index (κ3) is 4.99. The van der Waals surface area contributed by atoms with Gasteiger partial charge in [-0.2, -0.15) is 0 Å². The third-order valence-electron chi connectivity index (χ3n) is 5.06. The van der Waals surface area contributed by atoms with Gasteiger partial charge >= 0.3 is 0 Å². The lowest BCUT2D eigenvalue weighted by molar-refractivity contribution is -0.0489. The van der Waals surface area contributed by atoms with E-state index in [0.29, 0.717) is 6.61 Å². The van der Waals surface area contributed by atoms with E-state index in [0.717, 1.165) is 37.3 Å². The molecule has 2 aromatic carbocycles. The number of hydrogen-bond acceptors (Lipinski definition) is 4. The Balaban J connectivity index is 1.52. The van der Waals surface area contributed by atoms with Gasteiger partial charge in [-0.3, -0.25) is 4.90 Å². The minimum absolute atomic E-state index is 0.0953. The van der Waals surface area contributed by atoms with Gasteiger partial charge in [0.1, 0.15) is 30.3 Å². The molecule has 1 N–H and O–H groups in total. The van der Waals surface area contributed by atoms with E-state index in [1.807, 2.05) is 61.5 Å². The Bertz CT molecular complexity index is 676. The highest BCUT2D eigenvalue weighted by atomic mass is 16.5. The minimum Gasteiger partial charge on any atom is -0.492 e. The predicted octanol–water partition coefficient (Wildman–Crippen LogP) is 3.67. The predicted molar refractivity (Wildman–Crippen MR) is 104 cm³/mol.